The van der Waals surface area contributed by atoms with Crippen molar-refractivity contribution in [2.24, 2.45) is 0 Å². The molecule has 0 amide bonds. The molecule has 2 rings (SSSR count). The van der Waals surface area contributed by atoms with Crippen LogP contribution in [0.5, 0.6) is 0 Å². The van der Waals surface area contributed by atoms with Crippen LogP contribution in [0, 0.1) is 11.3 Å². The zero-order valence-electron chi connectivity index (χ0n) is 10.0. The normalized spacial score (nSPS) is 23.4. The van der Waals surface area contributed by atoms with Gasteiger partial charge in [-0.3, -0.25) is 0 Å². The Bertz CT molecular complexity index is 534. The van der Waals surface area contributed by atoms with E-state index >= 15 is 0 Å². The number of hydrogen-bond donors (Lipinski definition) is 1. The van der Waals surface area contributed by atoms with E-state index in [9.17, 15) is 8.42 Å². The second-order valence-corrected chi connectivity index (χ2v) is 6.82. The van der Waals surface area contributed by atoms with Gasteiger partial charge in [0.15, 0.2) is 9.84 Å². The second-order valence-electron chi connectivity index (χ2n) is 4.59. The van der Waals surface area contributed by atoms with Crippen molar-refractivity contribution >= 4 is 9.84 Å². The third kappa shape index (κ3) is 3.31. The number of nitriles is 1. The molecule has 2 unspecified atom stereocenters. The fraction of sp³-hybridized carbons (Fsp3) is 0.462. The van der Waals surface area contributed by atoms with Gasteiger partial charge in [0.2, 0.25) is 0 Å². The van der Waals surface area contributed by atoms with Crippen molar-refractivity contribution in [3.63, 3.8) is 0 Å². The highest BCUT2D eigenvalue weighted by Crippen LogP contribution is 2.20. The summed E-state index contributed by atoms with van der Waals surface area (Å²) in [7, 11) is -2.88. The lowest BCUT2D eigenvalue weighted by atomic mass is 10.0. The van der Waals surface area contributed by atoms with Gasteiger partial charge in [-0.05, 0) is 12.0 Å². The lowest BCUT2D eigenvalue weighted by Crippen LogP contribution is -2.33. The number of rotatable bonds is 4. The highest BCUT2D eigenvalue weighted by molar-refractivity contribution is 7.91. The zero-order chi connectivity index (χ0) is 13.0. The summed E-state index contributed by atoms with van der Waals surface area (Å²) in [6, 6.07) is 11.7. The maximum absolute atomic E-state index is 11.4. The Morgan fingerprint density at radius 3 is 2.67 bits per heavy atom. The van der Waals surface area contributed by atoms with Crippen LogP contribution in [-0.2, 0) is 9.84 Å². The van der Waals surface area contributed by atoms with Crippen molar-refractivity contribution in [3.05, 3.63) is 35.9 Å². The molecular formula is C13H16N2O2S. The molecule has 1 aromatic rings. The van der Waals surface area contributed by atoms with Crippen LogP contribution in [0.25, 0.3) is 0 Å². The highest BCUT2D eigenvalue weighted by Gasteiger charge is 2.29. The molecule has 0 spiro atoms. The van der Waals surface area contributed by atoms with E-state index in [2.05, 4.69) is 11.4 Å². The fourth-order valence-corrected chi connectivity index (χ4v) is 3.95. The molecule has 1 fully saturated rings. The van der Waals surface area contributed by atoms with Crippen LogP contribution in [0.3, 0.4) is 0 Å². The van der Waals surface area contributed by atoms with Gasteiger partial charge >= 0.3 is 0 Å². The van der Waals surface area contributed by atoms with Gasteiger partial charge in [-0.15, -0.1) is 0 Å². The minimum absolute atomic E-state index is 0.0337. The molecule has 0 saturated carbocycles. The van der Waals surface area contributed by atoms with Crippen LogP contribution in [0.4, 0.5) is 0 Å². The Hall–Kier alpha value is -1.38. The summed E-state index contributed by atoms with van der Waals surface area (Å²) < 4.78 is 22.8. The summed E-state index contributed by atoms with van der Waals surface area (Å²) in [5.41, 5.74) is 1.03. The Labute approximate surface area is 108 Å². The van der Waals surface area contributed by atoms with Gasteiger partial charge in [0.1, 0.15) is 0 Å². The van der Waals surface area contributed by atoms with Gasteiger partial charge in [0, 0.05) is 12.1 Å². The quantitative estimate of drug-likeness (QED) is 0.893. The molecule has 1 N–H and O–H groups in total. The molecule has 1 aromatic carbocycles. The molecule has 4 nitrogen and oxygen atoms in total. The van der Waals surface area contributed by atoms with E-state index < -0.39 is 9.84 Å². The first-order valence-corrected chi connectivity index (χ1v) is 7.81. The molecular weight excluding hydrogens is 248 g/mol. The van der Waals surface area contributed by atoms with E-state index in [1.807, 2.05) is 30.3 Å². The molecule has 1 saturated heterocycles. The Balaban J connectivity index is 2.07. The number of benzene rings is 1. The van der Waals surface area contributed by atoms with E-state index in [0.717, 1.165) is 5.56 Å². The lowest BCUT2D eigenvalue weighted by molar-refractivity contribution is 0.465. The average Bonchev–Trinajstić information content (AvgIpc) is 2.69. The smallest absolute Gasteiger partial charge is 0.151 e. The minimum atomic E-state index is -2.88. The summed E-state index contributed by atoms with van der Waals surface area (Å²) in [6.07, 6.45) is 0.984. The summed E-state index contributed by atoms with van der Waals surface area (Å²) in [6.45, 7) is 0. The molecule has 1 aliphatic heterocycles. The first kappa shape index (κ1) is 13.1. The number of hydrogen-bond acceptors (Lipinski definition) is 4. The van der Waals surface area contributed by atoms with Crippen molar-refractivity contribution < 1.29 is 8.42 Å². The van der Waals surface area contributed by atoms with E-state index in [1.165, 1.54) is 0 Å². The van der Waals surface area contributed by atoms with Gasteiger partial charge in [-0.1, -0.05) is 30.3 Å². The Kier molecular flexibility index (Phi) is 4.00. The maximum Gasteiger partial charge on any atom is 0.151 e. The fourth-order valence-electron chi connectivity index (χ4n) is 2.26. The molecule has 0 bridgehead atoms. The van der Waals surface area contributed by atoms with Crippen LogP contribution in [0.2, 0.25) is 0 Å². The molecule has 96 valence electrons. The van der Waals surface area contributed by atoms with Gasteiger partial charge < -0.3 is 5.32 Å². The van der Waals surface area contributed by atoms with Crippen LogP contribution in [0.1, 0.15) is 24.4 Å². The van der Waals surface area contributed by atoms with Crippen molar-refractivity contribution in [2.75, 3.05) is 11.5 Å². The first-order valence-electron chi connectivity index (χ1n) is 5.99. The highest BCUT2D eigenvalue weighted by atomic mass is 32.2. The molecule has 0 aliphatic carbocycles. The third-order valence-electron chi connectivity index (χ3n) is 3.17. The molecule has 1 heterocycles. The lowest BCUT2D eigenvalue weighted by Gasteiger charge is -2.20. The van der Waals surface area contributed by atoms with Gasteiger partial charge in [0.25, 0.3) is 0 Å². The minimum Gasteiger partial charge on any atom is -0.305 e. The number of sulfone groups is 1. The Morgan fingerprint density at radius 1 is 1.39 bits per heavy atom. The molecule has 1 aliphatic rings. The molecule has 2 atom stereocenters. The topological polar surface area (TPSA) is 70.0 Å². The van der Waals surface area contributed by atoms with Crippen molar-refractivity contribution in [3.8, 4) is 6.07 Å². The zero-order valence-corrected chi connectivity index (χ0v) is 10.9. The van der Waals surface area contributed by atoms with Crippen molar-refractivity contribution in [1.29, 1.82) is 5.26 Å². The summed E-state index contributed by atoms with van der Waals surface area (Å²) >= 11 is 0. The largest absolute Gasteiger partial charge is 0.305 e. The number of nitrogens with zero attached hydrogens (tertiary/aromatic N) is 1. The van der Waals surface area contributed by atoms with E-state index in [4.69, 9.17) is 5.26 Å². The summed E-state index contributed by atoms with van der Waals surface area (Å²) in [5, 5.41) is 12.2. The van der Waals surface area contributed by atoms with Crippen molar-refractivity contribution in [1.82, 2.24) is 5.32 Å². The molecule has 0 aromatic heterocycles. The summed E-state index contributed by atoms with van der Waals surface area (Å²) in [5.74, 6) is 0.431. The SMILES string of the molecule is N#CCC(NC1CCS(=O)(=O)C1)c1ccccc1. The third-order valence-corrected chi connectivity index (χ3v) is 4.93. The second kappa shape index (κ2) is 5.51. The predicted octanol–water partition coefficient (Wildman–Crippen LogP) is 1.42. The van der Waals surface area contributed by atoms with Gasteiger partial charge in [0.05, 0.1) is 24.0 Å². The van der Waals surface area contributed by atoms with Gasteiger partial charge in [-0.25, -0.2) is 8.42 Å². The van der Waals surface area contributed by atoms with E-state index in [-0.39, 0.29) is 23.6 Å². The van der Waals surface area contributed by atoms with E-state index in [0.29, 0.717) is 12.8 Å². The predicted molar refractivity (Wildman–Crippen MR) is 69.6 cm³/mol. The van der Waals surface area contributed by atoms with E-state index in [1.54, 1.807) is 0 Å². The molecule has 5 heteroatoms. The van der Waals surface area contributed by atoms with Crippen LogP contribution >= 0.6 is 0 Å². The standard InChI is InChI=1S/C13H16N2O2S/c14-8-6-13(11-4-2-1-3-5-11)15-12-7-9-18(16,17)10-12/h1-5,12-13,15H,6-7,9-10H2. The average molecular weight is 264 g/mol. The molecule has 0 radical (unpaired) electrons. The Morgan fingerprint density at radius 2 is 2.11 bits per heavy atom. The van der Waals surface area contributed by atoms with Crippen molar-refractivity contribution in [2.45, 2.75) is 24.9 Å². The van der Waals surface area contributed by atoms with Crippen LogP contribution in [-0.4, -0.2) is 26.0 Å². The monoisotopic (exact) mass is 264 g/mol. The van der Waals surface area contributed by atoms with Gasteiger partial charge in [-0.2, -0.15) is 5.26 Å². The van der Waals surface area contributed by atoms with Crippen LogP contribution in [0.15, 0.2) is 30.3 Å². The molecule has 18 heavy (non-hydrogen) atoms. The number of nitrogens with one attached hydrogen (secondary N) is 1. The summed E-state index contributed by atoms with van der Waals surface area (Å²) in [4.78, 5) is 0. The van der Waals surface area contributed by atoms with Crippen LogP contribution < -0.4 is 5.32 Å². The first-order chi connectivity index (χ1) is 8.61. The maximum atomic E-state index is 11.4.